The SMILES string of the molecule is O=c1[nH]cnc2cc(-c3ccc(O)cc3)nc(Nc3ccc(N4CCOCC4)cc3)c12. The molecule has 4 aromatic rings. The summed E-state index contributed by atoms with van der Waals surface area (Å²) in [6, 6.07) is 16.5. The number of morpholine rings is 1. The Kier molecular flexibility index (Phi) is 4.97. The van der Waals surface area contributed by atoms with Crippen LogP contribution < -0.4 is 15.8 Å². The summed E-state index contributed by atoms with van der Waals surface area (Å²) < 4.78 is 5.42. The lowest BCUT2D eigenvalue weighted by molar-refractivity contribution is 0.122. The maximum absolute atomic E-state index is 12.5. The van der Waals surface area contributed by atoms with Crippen molar-refractivity contribution < 1.29 is 9.84 Å². The van der Waals surface area contributed by atoms with Gasteiger partial charge in [-0.05, 0) is 54.6 Å². The molecule has 0 radical (unpaired) electrons. The number of hydrogen-bond acceptors (Lipinski definition) is 7. The molecule has 3 heterocycles. The van der Waals surface area contributed by atoms with Crippen molar-refractivity contribution in [2.45, 2.75) is 0 Å². The zero-order chi connectivity index (χ0) is 21.2. The van der Waals surface area contributed by atoms with Gasteiger partial charge >= 0.3 is 0 Å². The third-order valence-corrected chi connectivity index (χ3v) is 5.29. The molecule has 0 atom stereocenters. The van der Waals surface area contributed by atoms with Crippen LogP contribution in [0, 0.1) is 0 Å². The number of aromatic amines is 1. The second-order valence-electron chi connectivity index (χ2n) is 7.30. The molecule has 1 aliphatic rings. The van der Waals surface area contributed by atoms with Crippen molar-refractivity contribution in [1.29, 1.82) is 0 Å². The van der Waals surface area contributed by atoms with Crippen LogP contribution in [0.2, 0.25) is 0 Å². The van der Waals surface area contributed by atoms with Crippen LogP contribution in [0.1, 0.15) is 0 Å². The van der Waals surface area contributed by atoms with E-state index in [2.05, 4.69) is 25.2 Å². The average Bonchev–Trinajstić information content (AvgIpc) is 2.80. The molecule has 2 aromatic heterocycles. The summed E-state index contributed by atoms with van der Waals surface area (Å²) in [5.41, 5.74) is 3.68. The van der Waals surface area contributed by atoms with Gasteiger partial charge in [0.2, 0.25) is 0 Å². The number of pyridine rings is 1. The van der Waals surface area contributed by atoms with Crippen molar-refractivity contribution in [2.75, 3.05) is 36.5 Å². The van der Waals surface area contributed by atoms with Crippen LogP contribution >= 0.6 is 0 Å². The summed E-state index contributed by atoms with van der Waals surface area (Å²) in [6.07, 6.45) is 1.38. The Balaban J connectivity index is 1.52. The van der Waals surface area contributed by atoms with Gasteiger partial charge in [-0.2, -0.15) is 0 Å². The molecule has 0 amide bonds. The summed E-state index contributed by atoms with van der Waals surface area (Å²) in [4.78, 5) is 26.4. The van der Waals surface area contributed by atoms with Crippen LogP contribution in [0.5, 0.6) is 5.75 Å². The predicted octanol–water partition coefficient (Wildman–Crippen LogP) is 3.27. The lowest BCUT2D eigenvalue weighted by Gasteiger charge is -2.28. The molecule has 1 fully saturated rings. The first-order valence-corrected chi connectivity index (χ1v) is 10.0. The second kappa shape index (κ2) is 8.08. The number of aromatic hydroxyl groups is 1. The topological polar surface area (TPSA) is 103 Å². The van der Waals surface area contributed by atoms with E-state index >= 15 is 0 Å². The van der Waals surface area contributed by atoms with Gasteiger partial charge in [0.15, 0.2) is 0 Å². The number of phenols is 1. The van der Waals surface area contributed by atoms with Crippen LogP contribution in [-0.2, 0) is 4.74 Å². The van der Waals surface area contributed by atoms with Crippen LogP contribution in [0.3, 0.4) is 0 Å². The normalized spacial score (nSPS) is 14.0. The summed E-state index contributed by atoms with van der Waals surface area (Å²) >= 11 is 0. The third-order valence-electron chi connectivity index (χ3n) is 5.29. The molecule has 156 valence electrons. The van der Waals surface area contributed by atoms with E-state index in [0.29, 0.717) is 22.4 Å². The number of ether oxygens (including phenoxy) is 1. The molecule has 8 heteroatoms. The number of rotatable bonds is 4. The van der Waals surface area contributed by atoms with Gasteiger partial charge in [-0.15, -0.1) is 0 Å². The fourth-order valence-electron chi connectivity index (χ4n) is 3.67. The summed E-state index contributed by atoms with van der Waals surface area (Å²) in [6.45, 7) is 3.20. The lowest BCUT2D eigenvalue weighted by Crippen LogP contribution is -2.36. The molecule has 1 aliphatic heterocycles. The second-order valence-corrected chi connectivity index (χ2v) is 7.30. The minimum Gasteiger partial charge on any atom is -0.508 e. The van der Waals surface area contributed by atoms with Gasteiger partial charge < -0.3 is 25.0 Å². The van der Waals surface area contributed by atoms with E-state index in [4.69, 9.17) is 4.74 Å². The van der Waals surface area contributed by atoms with Crippen molar-refractivity contribution in [2.24, 2.45) is 0 Å². The molecule has 0 unspecified atom stereocenters. The number of benzene rings is 2. The zero-order valence-electron chi connectivity index (χ0n) is 16.7. The first-order valence-electron chi connectivity index (χ1n) is 10.0. The minimum absolute atomic E-state index is 0.179. The van der Waals surface area contributed by atoms with Crippen molar-refractivity contribution in [3.8, 4) is 17.0 Å². The van der Waals surface area contributed by atoms with Crippen LogP contribution in [0.4, 0.5) is 17.2 Å². The lowest BCUT2D eigenvalue weighted by atomic mass is 10.1. The maximum Gasteiger partial charge on any atom is 0.262 e. The average molecular weight is 415 g/mol. The van der Waals surface area contributed by atoms with E-state index in [1.807, 2.05) is 24.3 Å². The van der Waals surface area contributed by atoms with Gasteiger partial charge in [0.05, 0.1) is 30.8 Å². The zero-order valence-corrected chi connectivity index (χ0v) is 16.7. The Hall–Kier alpha value is -3.91. The fourth-order valence-corrected chi connectivity index (χ4v) is 3.67. The Bertz CT molecular complexity index is 1260. The number of hydrogen-bond donors (Lipinski definition) is 3. The maximum atomic E-state index is 12.5. The molecule has 0 aliphatic carbocycles. The van der Waals surface area contributed by atoms with Gasteiger partial charge in [0.1, 0.15) is 17.0 Å². The largest absolute Gasteiger partial charge is 0.508 e. The number of phenolic OH excluding ortho intramolecular Hbond substituents is 1. The Morgan fingerprint density at radius 3 is 2.52 bits per heavy atom. The molecule has 2 aromatic carbocycles. The number of nitrogens with one attached hydrogen (secondary N) is 2. The van der Waals surface area contributed by atoms with Crippen LogP contribution in [0.15, 0.2) is 65.7 Å². The Morgan fingerprint density at radius 2 is 1.77 bits per heavy atom. The highest BCUT2D eigenvalue weighted by atomic mass is 16.5. The smallest absolute Gasteiger partial charge is 0.262 e. The van der Waals surface area contributed by atoms with Crippen molar-refractivity contribution >= 4 is 28.1 Å². The first-order chi connectivity index (χ1) is 15.2. The van der Waals surface area contributed by atoms with Crippen molar-refractivity contribution in [3.05, 3.63) is 71.3 Å². The molecule has 5 rings (SSSR count). The monoisotopic (exact) mass is 415 g/mol. The highest BCUT2D eigenvalue weighted by Crippen LogP contribution is 2.28. The molecule has 31 heavy (non-hydrogen) atoms. The summed E-state index contributed by atoms with van der Waals surface area (Å²) in [5.74, 6) is 0.604. The number of anilines is 3. The van der Waals surface area contributed by atoms with E-state index < -0.39 is 0 Å². The standard InChI is InChI=1S/C23H21N5O3/c29-18-7-1-15(2-8-18)19-13-20-21(23(30)25-14-24-20)22(27-19)26-16-3-5-17(6-4-16)28-9-11-31-12-10-28/h1-8,13-14,29H,9-12H2,(H,26,27)(H,24,25,30). The molecule has 8 nitrogen and oxygen atoms in total. The van der Waals surface area contributed by atoms with Gasteiger partial charge in [-0.25, -0.2) is 9.97 Å². The fraction of sp³-hybridized carbons (Fsp3) is 0.174. The minimum atomic E-state index is -0.262. The number of H-pyrrole nitrogens is 1. The van der Waals surface area contributed by atoms with Gasteiger partial charge in [0, 0.05) is 30.0 Å². The molecule has 1 saturated heterocycles. The number of aromatic nitrogens is 3. The molecule has 0 spiro atoms. The molecular formula is C23H21N5O3. The van der Waals surface area contributed by atoms with E-state index in [0.717, 1.165) is 43.2 Å². The van der Waals surface area contributed by atoms with Crippen LogP contribution in [0.25, 0.3) is 22.2 Å². The molecule has 0 saturated carbocycles. The number of nitrogens with zero attached hydrogens (tertiary/aromatic N) is 3. The van der Waals surface area contributed by atoms with E-state index in [-0.39, 0.29) is 11.3 Å². The Morgan fingerprint density at radius 1 is 1.03 bits per heavy atom. The van der Waals surface area contributed by atoms with E-state index in [9.17, 15) is 9.90 Å². The van der Waals surface area contributed by atoms with Crippen LogP contribution in [-0.4, -0.2) is 46.4 Å². The third kappa shape index (κ3) is 3.93. The molecular weight excluding hydrogens is 394 g/mol. The van der Waals surface area contributed by atoms with Gasteiger partial charge in [-0.1, -0.05) is 0 Å². The van der Waals surface area contributed by atoms with E-state index in [1.165, 1.54) is 6.33 Å². The quantitative estimate of drug-likeness (QED) is 0.470. The number of fused-ring (bicyclic) bond motifs is 1. The summed E-state index contributed by atoms with van der Waals surface area (Å²) in [7, 11) is 0. The van der Waals surface area contributed by atoms with Crippen molar-refractivity contribution in [3.63, 3.8) is 0 Å². The predicted molar refractivity (Wildman–Crippen MR) is 120 cm³/mol. The van der Waals surface area contributed by atoms with Crippen molar-refractivity contribution in [1.82, 2.24) is 15.0 Å². The summed E-state index contributed by atoms with van der Waals surface area (Å²) in [5, 5.41) is 13.2. The highest BCUT2D eigenvalue weighted by Gasteiger charge is 2.14. The Labute approximate surface area is 178 Å². The highest BCUT2D eigenvalue weighted by molar-refractivity contribution is 5.92. The van der Waals surface area contributed by atoms with E-state index in [1.54, 1.807) is 30.3 Å². The molecule has 0 bridgehead atoms. The molecule has 3 N–H and O–H groups in total. The van der Waals surface area contributed by atoms with Gasteiger partial charge in [0.25, 0.3) is 5.56 Å². The van der Waals surface area contributed by atoms with Gasteiger partial charge in [-0.3, -0.25) is 4.79 Å². The first kappa shape index (κ1) is 19.1.